The van der Waals surface area contributed by atoms with Gasteiger partial charge in [0.15, 0.2) is 0 Å². The van der Waals surface area contributed by atoms with E-state index in [0.29, 0.717) is 0 Å². The van der Waals surface area contributed by atoms with Crippen molar-refractivity contribution in [3.05, 3.63) is 54.6 Å². The van der Waals surface area contributed by atoms with E-state index in [0.717, 1.165) is 31.2 Å². The van der Waals surface area contributed by atoms with Crippen molar-refractivity contribution in [2.45, 2.75) is 19.3 Å². The number of hydrogen-bond acceptors (Lipinski definition) is 2. The molecule has 0 spiro atoms. The van der Waals surface area contributed by atoms with Gasteiger partial charge in [-0.2, -0.15) is 0 Å². The average molecular weight is 281 g/mol. The number of benzene rings is 2. The van der Waals surface area contributed by atoms with Gasteiger partial charge in [0, 0.05) is 0 Å². The van der Waals surface area contributed by atoms with E-state index < -0.39 is 0 Å². The van der Waals surface area contributed by atoms with E-state index in [1.165, 1.54) is 30.5 Å². The molecule has 1 unspecified atom stereocenters. The Hall–Kier alpha value is -1.80. The Morgan fingerprint density at radius 2 is 1.71 bits per heavy atom. The summed E-state index contributed by atoms with van der Waals surface area (Å²) in [4.78, 5) is 0. The first kappa shape index (κ1) is 14.2. The van der Waals surface area contributed by atoms with Crippen LogP contribution in [0.25, 0.3) is 11.1 Å². The summed E-state index contributed by atoms with van der Waals surface area (Å²) in [7, 11) is 0. The van der Waals surface area contributed by atoms with Gasteiger partial charge >= 0.3 is 0 Å². The predicted molar refractivity (Wildman–Crippen MR) is 87.6 cm³/mol. The van der Waals surface area contributed by atoms with Crippen LogP contribution in [-0.2, 0) is 0 Å². The van der Waals surface area contributed by atoms with Crippen molar-refractivity contribution in [3.63, 3.8) is 0 Å². The first-order chi connectivity index (χ1) is 10.4. The summed E-state index contributed by atoms with van der Waals surface area (Å²) in [6.07, 6.45) is 3.78. The summed E-state index contributed by atoms with van der Waals surface area (Å²) in [6, 6.07) is 18.8. The van der Waals surface area contributed by atoms with Crippen molar-refractivity contribution >= 4 is 0 Å². The normalized spacial score (nSPS) is 18.4. The summed E-state index contributed by atoms with van der Waals surface area (Å²) in [6.45, 7) is 3.14. The lowest BCUT2D eigenvalue weighted by Crippen LogP contribution is -2.30. The molecule has 3 rings (SSSR count). The molecule has 2 nitrogen and oxygen atoms in total. The maximum absolute atomic E-state index is 5.87. The molecule has 1 N–H and O–H groups in total. The van der Waals surface area contributed by atoms with Crippen LogP contribution in [0, 0.1) is 5.92 Å². The van der Waals surface area contributed by atoms with Crippen LogP contribution in [0.15, 0.2) is 54.6 Å². The van der Waals surface area contributed by atoms with Crippen molar-refractivity contribution in [2.75, 3.05) is 19.7 Å². The lowest BCUT2D eigenvalue weighted by atomic mass is 9.97. The standard InChI is InChI=1S/C19H23NO/c1-2-6-17(7-3-1)18-8-10-19(11-9-18)21-14-12-16-5-4-13-20-15-16/h1-3,6-11,16,20H,4-5,12-15H2. The quantitative estimate of drug-likeness (QED) is 0.890. The van der Waals surface area contributed by atoms with Gasteiger partial charge in [0.2, 0.25) is 0 Å². The van der Waals surface area contributed by atoms with Crippen LogP contribution in [0.1, 0.15) is 19.3 Å². The third kappa shape index (κ3) is 4.08. The molecule has 2 heteroatoms. The fourth-order valence-electron chi connectivity index (χ4n) is 2.89. The second kappa shape index (κ2) is 7.28. The van der Waals surface area contributed by atoms with Crippen molar-refractivity contribution in [2.24, 2.45) is 5.92 Å². The molecule has 1 heterocycles. The molecule has 2 aromatic carbocycles. The van der Waals surface area contributed by atoms with Crippen LogP contribution in [0.5, 0.6) is 5.75 Å². The lowest BCUT2D eigenvalue weighted by molar-refractivity contribution is 0.254. The largest absolute Gasteiger partial charge is 0.494 e. The highest BCUT2D eigenvalue weighted by molar-refractivity contribution is 5.63. The summed E-state index contributed by atoms with van der Waals surface area (Å²) in [5, 5.41) is 3.45. The van der Waals surface area contributed by atoms with Crippen LogP contribution >= 0.6 is 0 Å². The summed E-state index contributed by atoms with van der Waals surface area (Å²) in [5.74, 6) is 1.75. The monoisotopic (exact) mass is 281 g/mol. The second-order valence-corrected chi connectivity index (χ2v) is 5.74. The first-order valence-corrected chi connectivity index (χ1v) is 7.91. The van der Waals surface area contributed by atoms with E-state index in [-0.39, 0.29) is 0 Å². The van der Waals surface area contributed by atoms with Gasteiger partial charge in [0.25, 0.3) is 0 Å². The van der Waals surface area contributed by atoms with Gasteiger partial charge < -0.3 is 10.1 Å². The average Bonchev–Trinajstić information content (AvgIpc) is 2.57. The van der Waals surface area contributed by atoms with Gasteiger partial charge in [-0.1, -0.05) is 42.5 Å². The summed E-state index contributed by atoms with van der Waals surface area (Å²) in [5.41, 5.74) is 2.48. The molecule has 0 aliphatic carbocycles. The minimum absolute atomic E-state index is 0.780. The highest BCUT2D eigenvalue weighted by Crippen LogP contribution is 2.22. The maximum atomic E-state index is 5.87. The van der Waals surface area contributed by atoms with E-state index in [2.05, 4.69) is 53.8 Å². The molecule has 1 fully saturated rings. The zero-order valence-electron chi connectivity index (χ0n) is 12.4. The zero-order chi connectivity index (χ0) is 14.3. The van der Waals surface area contributed by atoms with Crippen molar-refractivity contribution in [1.29, 1.82) is 0 Å². The highest BCUT2D eigenvalue weighted by atomic mass is 16.5. The molecule has 0 saturated carbocycles. The molecule has 1 saturated heterocycles. The Bertz CT molecular complexity index is 529. The van der Waals surface area contributed by atoms with Crippen LogP contribution in [0.3, 0.4) is 0 Å². The molecule has 1 aliphatic heterocycles. The van der Waals surface area contributed by atoms with Gasteiger partial charge in [-0.25, -0.2) is 0 Å². The minimum atomic E-state index is 0.780. The predicted octanol–water partition coefficient (Wildman–Crippen LogP) is 4.12. The fourth-order valence-corrected chi connectivity index (χ4v) is 2.89. The lowest BCUT2D eigenvalue weighted by Gasteiger charge is -2.22. The molecule has 0 bridgehead atoms. The molecular formula is C19H23NO. The number of ether oxygens (including phenoxy) is 1. The van der Waals surface area contributed by atoms with Crippen molar-refractivity contribution < 1.29 is 4.74 Å². The smallest absolute Gasteiger partial charge is 0.119 e. The van der Waals surface area contributed by atoms with Gasteiger partial charge in [-0.15, -0.1) is 0 Å². The van der Waals surface area contributed by atoms with E-state index in [1.807, 2.05) is 6.07 Å². The molecule has 110 valence electrons. The minimum Gasteiger partial charge on any atom is -0.494 e. The molecule has 2 aromatic rings. The van der Waals surface area contributed by atoms with Crippen LogP contribution < -0.4 is 10.1 Å². The van der Waals surface area contributed by atoms with Crippen LogP contribution in [0.2, 0.25) is 0 Å². The number of piperidine rings is 1. The van der Waals surface area contributed by atoms with E-state index in [1.54, 1.807) is 0 Å². The molecule has 0 radical (unpaired) electrons. The third-order valence-electron chi connectivity index (χ3n) is 4.16. The summed E-state index contributed by atoms with van der Waals surface area (Å²) < 4.78 is 5.87. The Morgan fingerprint density at radius 3 is 2.43 bits per heavy atom. The van der Waals surface area contributed by atoms with Crippen molar-refractivity contribution in [1.82, 2.24) is 5.32 Å². The topological polar surface area (TPSA) is 21.3 Å². The molecule has 0 aromatic heterocycles. The van der Waals surface area contributed by atoms with Crippen molar-refractivity contribution in [3.8, 4) is 16.9 Å². The first-order valence-electron chi connectivity index (χ1n) is 7.91. The molecular weight excluding hydrogens is 258 g/mol. The summed E-state index contributed by atoms with van der Waals surface area (Å²) >= 11 is 0. The Labute approximate surface area is 127 Å². The van der Waals surface area contributed by atoms with Gasteiger partial charge in [0.1, 0.15) is 5.75 Å². The van der Waals surface area contributed by atoms with Gasteiger partial charge in [-0.3, -0.25) is 0 Å². The van der Waals surface area contributed by atoms with E-state index in [4.69, 9.17) is 4.74 Å². The van der Waals surface area contributed by atoms with E-state index in [9.17, 15) is 0 Å². The second-order valence-electron chi connectivity index (χ2n) is 5.74. The Kier molecular flexibility index (Phi) is 4.90. The van der Waals surface area contributed by atoms with Crippen LogP contribution in [-0.4, -0.2) is 19.7 Å². The van der Waals surface area contributed by atoms with Gasteiger partial charge in [-0.05, 0) is 61.5 Å². The molecule has 1 aliphatic rings. The van der Waals surface area contributed by atoms with Crippen LogP contribution in [0.4, 0.5) is 0 Å². The maximum Gasteiger partial charge on any atom is 0.119 e. The fraction of sp³-hybridized carbons (Fsp3) is 0.368. The molecule has 21 heavy (non-hydrogen) atoms. The van der Waals surface area contributed by atoms with E-state index >= 15 is 0 Å². The number of rotatable bonds is 5. The number of nitrogens with one attached hydrogen (secondary N) is 1. The molecule has 1 atom stereocenters. The molecule has 0 amide bonds. The number of hydrogen-bond donors (Lipinski definition) is 1. The Balaban J connectivity index is 1.50. The zero-order valence-corrected chi connectivity index (χ0v) is 12.4. The van der Waals surface area contributed by atoms with Gasteiger partial charge in [0.05, 0.1) is 6.61 Å². The highest BCUT2D eigenvalue weighted by Gasteiger charge is 2.12. The third-order valence-corrected chi connectivity index (χ3v) is 4.16. The Morgan fingerprint density at radius 1 is 0.952 bits per heavy atom. The SMILES string of the molecule is c1ccc(-c2ccc(OCCC3CCCNC3)cc2)cc1.